The van der Waals surface area contributed by atoms with Crippen LogP contribution in [0.1, 0.15) is 16.5 Å². The summed E-state index contributed by atoms with van der Waals surface area (Å²) in [5.74, 6) is 2.05. The Bertz CT molecular complexity index is 703. The lowest BCUT2D eigenvalue weighted by Gasteiger charge is -1.99. The minimum atomic E-state index is 0.117. The number of nitrogen functional groups attached to an aromatic ring is 2. The van der Waals surface area contributed by atoms with Gasteiger partial charge in [-0.2, -0.15) is 15.0 Å². The Labute approximate surface area is 128 Å². The van der Waals surface area contributed by atoms with Crippen LogP contribution in [-0.4, -0.2) is 30.1 Å². The van der Waals surface area contributed by atoms with E-state index in [1.165, 1.54) is 16.6 Å². The van der Waals surface area contributed by atoms with Crippen molar-refractivity contribution in [3.8, 4) is 0 Å². The highest BCUT2D eigenvalue weighted by Gasteiger charge is 2.08. The van der Waals surface area contributed by atoms with Gasteiger partial charge in [-0.15, -0.1) is 16.4 Å². The van der Waals surface area contributed by atoms with Crippen molar-refractivity contribution >= 4 is 35.0 Å². The zero-order valence-corrected chi connectivity index (χ0v) is 12.5. The van der Waals surface area contributed by atoms with Crippen LogP contribution in [0.4, 0.5) is 11.9 Å². The summed E-state index contributed by atoms with van der Waals surface area (Å²) in [5, 5.41) is 9.76. The van der Waals surface area contributed by atoms with Crippen LogP contribution in [0.3, 0.4) is 0 Å². The van der Waals surface area contributed by atoms with Crippen molar-refractivity contribution in [3.05, 3.63) is 34.0 Å². The van der Waals surface area contributed by atoms with E-state index in [-0.39, 0.29) is 11.9 Å². The third kappa shape index (κ3) is 3.67. The molecule has 0 amide bonds. The molecule has 0 saturated heterocycles. The van der Waals surface area contributed by atoms with Gasteiger partial charge in [-0.05, 0) is 11.4 Å². The molecule has 3 rings (SSSR count). The van der Waals surface area contributed by atoms with Gasteiger partial charge >= 0.3 is 0 Å². The molecule has 0 fully saturated rings. The van der Waals surface area contributed by atoms with Crippen LogP contribution >= 0.6 is 23.1 Å². The Morgan fingerprint density at radius 2 is 1.95 bits per heavy atom. The van der Waals surface area contributed by atoms with Crippen molar-refractivity contribution in [2.75, 3.05) is 11.5 Å². The van der Waals surface area contributed by atoms with Crippen LogP contribution in [0.25, 0.3) is 0 Å². The van der Waals surface area contributed by atoms with E-state index in [1.54, 1.807) is 11.3 Å². The summed E-state index contributed by atoms with van der Waals surface area (Å²) in [6.07, 6.45) is 0.747. The second-order valence-electron chi connectivity index (χ2n) is 4.08. The van der Waals surface area contributed by atoms with Gasteiger partial charge in [0.05, 0.1) is 5.75 Å². The van der Waals surface area contributed by atoms with Crippen molar-refractivity contribution in [2.24, 2.45) is 0 Å². The van der Waals surface area contributed by atoms with E-state index < -0.39 is 0 Å². The van der Waals surface area contributed by atoms with E-state index in [4.69, 9.17) is 11.5 Å². The Morgan fingerprint density at radius 3 is 2.67 bits per heavy atom. The molecule has 0 aliphatic carbocycles. The lowest BCUT2D eigenvalue weighted by Crippen LogP contribution is -2.05. The number of nitrogens with zero attached hydrogens (tertiary/aromatic N) is 5. The zero-order chi connectivity index (χ0) is 14.7. The first-order chi connectivity index (χ1) is 10.2. The number of thioether (sulfide) groups is 1. The van der Waals surface area contributed by atoms with E-state index in [9.17, 15) is 0 Å². The van der Waals surface area contributed by atoms with Crippen LogP contribution in [-0.2, 0) is 12.2 Å². The van der Waals surface area contributed by atoms with Crippen LogP contribution in [0.2, 0.25) is 0 Å². The summed E-state index contributed by atoms with van der Waals surface area (Å²) < 4.78 is 0. The van der Waals surface area contributed by atoms with Gasteiger partial charge in [0.25, 0.3) is 0 Å². The Kier molecular flexibility index (Phi) is 3.97. The third-order valence-electron chi connectivity index (χ3n) is 2.48. The molecule has 3 aromatic heterocycles. The van der Waals surface area contributed by atoms with Crippen LogP contribution < -0.4 is 11.5 Å². The summed E-state index contributed by atoms with van der Waals surface area (Å²) in [6.45, 7) is 0. The monoisotopic (exact) mass is 320 g/mol. The average molecular weight is 320 g/mol. The first-order valence-corrected chi connectivity index (χ1v) is 7.88. The lowest BCUT2D eigenvalue weighted by molar-refractivity contribution is 0.952. The molecule has 108 valence electrons. The van der Waals surface area contributed by atoms with Crippen LogP contribution in [0, 0.1) is 0 Å². The van der Waals surface area contributed by atoms with Gasteiger partial charge in [0.2, 0.25) is 17.1 Å². The molecule has 21 heavy (non-hydrogen) atoms. The average Bonchev–Trinajstić information content (AvgIpc) is 3.08. The molecule has 0 spiro atoms. The number of aromatic nitrogens is 6. The second kappa shape index (κ2) is 6.06. The molecule has 0 bridgehead atoms. The van der Waals surface area contributed by atoms with Crippen molar-refractivity contribution in [1.82, 2.24) is 30.1 Å². The van der Waals surface area contributed by atoms with Gasteiger partial charge in [0, 0.05) is 11.3 Å². The standard InChI is InChI=1S/C11H12N8S2/c12-9-14-8(15-10(13)17-9)5-21-11-16-7(18-19-11)4-6-2-1-3-20-6/h1-3H,4-5H2,(H,16,18,19)(H4,12,13,14,15,17). The highest BCUT2D eigenvalue weighted by Crippen LogP contribution is 2.19. The molecule has 0 radical (unpaired) electrons. The fourth-order valence-corrected chi connectivity index (χ4v) is 3.03. The predicted molar refractivity (Wildman–Crippen MR) is 81.7 cm³/mol. The highest BCUT2D eigenvalue weighted by atomic mass is 32.2. The Morgan fingerprint density at radius 1 is 1.14 bits per heavy atom. The minimum Gasteiger partial charge on any atom is -0.368 e. The molecule has 0 aliphatic rings. The van der Waals surface area contributed by atoms with Crippen molar-refractivity contribution < 1.29 is 0 Å². The van der Waals surface area contributed by atoms with E-state index >= 15 is 0 Å². The highest BCUT2D eigenvalue weighted by molar-refractivity contribution is 7.98. The van der Waals surface area contributed by atoms with Gasteiger partial charge in [0.1, 0.15) is 11.6 Å². The first kappa shape index (κ1) is 13.8. The number of hydrogen-bond acceptors (Lipinski definition) is 9. The summed E-state index contributed by atoms with van der Waals surface area (Å²) >= 11 is 3.10. The molecule has 3 aromatic rings. The van der Waals surface area contributed by atoms with Crippen molar-refractivity contribution in [2.45, 2.75) is 17.3 Å². The maximum Gasteiger partial charge on any atom is 0.225 e. The molecule has 0 aliphatic heterocycles. The number of aromatic amines is 1. The fraction of sp³-hybridized carbons (Fsp3) is 0.182. The fourth-order valence-electron chi connectivity index (χ4n) is 1.65. The zero-order valence-electron chi connectivity index (χ0n) is 10.9. The van der Waals surface area contributed by atoms with E-state index in [0.717, 1.165) is 12.2 Å². The summed E-state index contributed by atoms with van der Waals surface area (Å²) in [7, 11) is 0. The lowest BCUT2D eigenvalue weighted by atomic mass is 10.3. The Hall–Kier alpha value is -2.20. The molecule has 8 nitrogen and oxygen atoms in total. The van der Waals surface area contributed by atoms with Crippen molar-refractivity contribution in [1.29, 1.82) is 0 Å². The molecule has 5 N–H and O–H groups in total. The normalized spacial score (nSPS) is 10.9. The van der Waals surface area contributed by atoms with Gasteiger partial charge in [-0.1, -0.05) is 17.8 Å². The van der Waals surface area contributed by atoms with Gasteiger partial charge in [0.15, 0.2) is 0 Å². The smallest absolute Gasteiger partial charge is 0.225 e. The largest absolute Gasteiger partial charge is 0.368 e. The molecule has 0 saturated carbocycles. The quantitative estimate of drug-likeness (QED) is 0.595. The molecule has 10 heteroatoms. The number of rotatable bonds is 5. The van der Waals surface area contributed by atoms with Crippen LogP contribution in [0.5, 0.6) is 0 Å². The maximum atomic E-state index is 5.52. The van der Waals surface area contributed by atoms with E-state index in [0.29, 0.717) is 16.7 Å². The minimum absolute atomic E-state index is 0.117. The Balaban J connectivity index is 1.62. The topological polar surface area (TPSA) is 132 Å². The number of nitrogens with two attached hydrogens (primary N) is 2. The number of thiophene rings is 1. The van der Waals surface area contributed by atoms with Gasteiger partial charge in [-0.3, -0.25) is 5.10 Å². The maximum absolute atomic E-state index is 5.52. The first-order valence-electron chi connectivity index (χ1n) is 6.01. The number of hydrogen-bond donors (Lipinski definition) is 3. The van der Waals surface area contributed by atoms with E-state index in [1.807, 2.05) is 11.4 Å². The molecule has 0 aromatic carbocycles. The molecular formula is C11H12N8S2. The molecule has 0 unspecified atom stereocenters. The third-order valence-corrected chi connectivity index (χ3v) is 4.20. The van der Waals surface area contributed by atoms with E-state index in [2.05, 4.69) is 36.2 Å². The molecule has 0 atom stereocenters. The van der Waals surface area contributed by atoms with Crippen LogP contribution in [0.15, 0.2) is 22.7 Å². The van der Waals surface area contributed by atoms with Gasteiger partial charge in [-0.25, -0.2) is 4.98 Å². The van der Waals surface area contributed by atoms with Crippen molar-refractivity contribution in [3.63, 3.8) is 0 Å². The molecular weight excluding hydrogens is 308 g/mol. The number of anilines is 2. The summed E-state index contributed by atoms with van der Waals surface area (Å²) in [6, 6.07) is 4.08. The summed E-state index contributed by atoms with van der Waals surface area (Å²) in [4.78, 5) is 17.4. The SMILES string of the molecule is Nc1nc(N)nc(CSc2n[nH]c(Cc3cccs3)n2)n1. The summed E-state index contributed by atoms with van der Waals surface area (Å²) in [5.41, 5.74) is 11.0. The molecule has 3 heterocycles. The number of H-pyrrole nitrogens is 1. The second-order valence-corrected chi connectivity index (χ2v) is 6.05. The van der Waals surface area contributed by atoms with Gasteiger partial charge < -0.3 is 11.5 Å². The predicted octanol–water partition coefficient (Wildman–Crippen LogP) is 1.10. The number of nitrogens with one attached hydrogen (secondary N) is 1.